The molecule has 1 atom stereocenters. The molecule has 5 rings (SSSR count). The minimum absolute atomic E-state index is 0.300. The van der Waals surface area contributed by atoms with Gasteiger partial charge < -0.3 is 14.4 Å². The number of carbonyl (C=O) groups excluding carboxylic acids is 1. The number of hydrogen-bond acceptors (Lipinski definition) is 4. The van der Waals surface area contributed by atoms with E-state index in [0.29, 0.717) is 11.3 Å². The van der Waals surface area contributed by atoms with Crippen molar-refractivity contribution in [3.8, 4) is 11.5 Å². The normalized spacial score (nSPS) is 18.8. The Bertz CT molecular complexity index is 1150. The third kappa shape index (κ3) is 2.09. The average Bonchev–Trinajstić information content (AvgIpc) is 2.94. The van der Waals surface area contributed by atoms with Gasteiger partial charge in [-0.2, -0.15) is 0 Å². The van der Waals surface area contributed by atoms with Gasteiger partial charge in [-0.05, 0) is 49.2 Å². The maximum Gasteiger partial charge on any atom is 0.340 e. The van der Waals surface area contributed by atoms with Crippen LogP contribution >= 0.6 is 0 Å². The molecule has 0 fully saturated rings. The van der Waals surface area contributed by atoms with Crippen molar-refractivity contribution in [2.24, 2.45) is 0 Å². The van der Waals surface area contributed by atoms with Gasteiger partial charge in [0, 0.05) is 37.0 Å². The summed E-state index contributed by atoms with van der Waals surface area (Å²) in [6, 6.07) is 17.8. The Kier molecular flexibility index (Phi) is 3.38. The number of nitrogens with zero attached hydrogens (tertiary/aromatic N) is 1. The van der Waals surface area contributed by atoms with Gasteiger partial charge >= 0.3 is 5.97 Å². The van der Waals surface area contributed by atoms with Crippen molar-refractivity contribution in [1.82, 2.24) is 0 Å². The van der Waals surface area contributed by atoms with Gasteiger partial charge in [-0.1, -0.05) is 24.3 Å². The summed E-state index contributed by atoms with van der Waals surface area (Å²) < 4.78 is 12.6. The molecular formula is C24H21NO3. The van der Waals surface area contributed by atoms with Crippen LogP contribution in [-0.2, 0) is 10.3 Å². The van der Waals surface area contributed by atoms with Gasteiger partial charge in [-0.25, -0.2) is 4.79 Å². The highest BCUT2D eigenvalue weighted by Gasteiger charge is 2.54. The number of esters is 1. The van der Waals surface area contributed by atoms with Crippen LogP contribution in [0.2, 0.25) is 0 Å². The van der Waals surface area contributed by atoms with E-state index < -0.39 is 5.60 Å². The van der Waals surface area contributed by atoms with E-state index in [2.05, 4.69) is 6.07 Å². The van der Waals surface area contributed by atoms with E-state index in [1.807, 2.05) is 81.4 Å². The van der Waals surface area contributed by atoms with E-state index in [-0.39, 0.29) is 5.97 Å². The summed E-state index contributed by atoms with van der Waals surface area (Å²) in [7, 11) is 3.99. The highest BCUT2D eigenvalue weighted by atomic mass is 16.6. The molecule has 4 nitrogen and oxygen atoms in total. The fourth-order valence-corrected chi connectivity index (χ4v) is 4.48. The molecule has 3 aromatic carbocycles. The number of rotatable bonds is 1. The Morgan fingerprint density at radius 1 is 0.893 bits per heavy atom. The molecular weight excluding hydrogens is 350 g/mol. The van der Waals surface area contributed by atoms with E-state index in [9.17, 15) is 4.79 Å². The van der Waals surface area contributed by atoms with E-state index in [4.69, 9.17) is 9.47 Å². The fraction of sp³-hybridized carbons (Fsp3) is 0.208. The second-order valence-electron chi connectivity index (χ2n) is 7.75. The van der Waals surface area contributed by atoms with E-state index >= 15 is 0 Å². The van der Waals surface area contributed by atoms with Crippen LogP contribution < -0.4 is 9.64 Å². The lowest BCUT2D eigenvalue weighted by molar-refractivity contribution is 0.0222. The van der Waals surface area contributed by atoms with Crippen molar-refractivity contribution in [2.45, 2.75) is 19.4 Å². The summed E-state index contributed by atoms with van der Waals surface area (Å²) >= 11 is 0. The molecule has 0 saturated carbocycles. The SMILES string of the molecule is Cc1cc(C)c2c(c1)Oc1cc(N(C)C)ccc1C21OC(=O)c2ccccc21. The molecule has 140 valence electrons. The Morgan fingerprint density at radius 3 is 2.46 bits per heavy atom. The zero-order valence-corrected chi connectivity index (χ0v) is 16.4. The first kappa shape index (κ1) is 16.9. The molecule has 1 spiro atoms. The number of aryl methyl sites for hydroxylation is 2. The molecule has 28 heavy (non-hydrogen) atoms. The first-order chi connectivity index (χ1) is 13.4. The fourth-order valence-electron chi connectivity index (χ4n) is 4.48. The third-order valence-electron chi connectivity index (χ3n) is 5.65. The van der Waals surface area contributed by atoms with Gasteiger partial charge in [0.15, 0.2) is 5.60 Å². The predicted octanol–water partition coefficient (Wildman–Crippen LogP) is 4.94. The second kappa shape index (κ2) is 5.61. The number of anilines is 1. The van der Waals surface area contributed by atoms with Crippen LogP contribution in [0.25, 0.3) is 0 Å². The Labute approximate surface area is 164 Å². The molecule has 2 heterocycles. The van der Waals surface area contributed by atoms with Crippen LogP contribution in [0.3, 0.4) is 0 Å². The van der Waals surface area contributed by atoms with Gasteiger partial charge in [-0.3, -0.25) is 0 Å². The molecule has 1 unspecified atom stereocenters. The first-order valence-electron chi connectivity index (χ1n) is 9.36. The first-order valence-corrected chi connectivity index (χ1v) is 9.36. The summed E-state index contributed by atoms with van der Waals surface area (Å²) in [4.78, 5) is 14.9. The van der Waals surface area contributed by atoms with E-state index in [0.717, 1.165) is 39.3 Å². The smallest absolute Gasteiger partial charge is 0.340 e. The maximum absolute atomic E-state index is 12.8. The number of carbonyl (C=O) groups is 1. The summed E-state index contributed by atoms with van der Waals surface area (Å²) in [6.45, 7) is 4.09. The maximum atomic E-state index is 12.8. The van der Waals surface area contributed by atoms with Crippen LogP contribution in [0.5, 0.6) is 11.5 Å². The number of ether oxygens (including phenoxy) is 2. The summed E-state index contributed by atoms with van der Waals surface area (Å²) in [5.41, 5.74) is 5.43. The van der Waals surface area contributed by atoms with Crippen LogP contribution in [0.1, 0.15) is 38.2 Å². The van der Waals surface area contributed by atoms with Crippen LogP contribution in [0, 0.1) is 13.8 Å². The molecule has 0 N–H and O–H groups in total. The predicted molar refractivity (Wildman–Crippen MR) is 108 cm³/mol. The molecule has 0 bridgehead atoms. The minimum Gasteiger partial charge on any atom is -0.456 e. The largest absolute Gasteiger partial charge is 0.456 e. The number of fused-ring (bicyclic) bond motifs is 6. The average molecular weight is 371 g/mol. The van der Waals surface area contributed by atoms with E-state index in [1.54, 1.807) is 0 Å². The van der Waals surface area contributed by atoms with Gasteiger partial charge in [0.2, 0.25) is 0 Å². The molecule has 0 saturated heterocycles. The van der Waals surface area contributed by atoms with Crippen molar-refractivity contribution in [1.29, 1.82) is 0 Å². The minimum atomic E-state index is -0.987. The zero-order chi connectivity index (χ0) is 19.6. The lowest BCUT2D eigenvalue weighted by atomic mass is 9.75. The molecule has 2 aliphatic rings. The Balaban J connectivity index is 1.90. The van der Waals surface area contributed by atoms with Crippen molar-refractivity contribution in [3.63, 3.8) is 0 Å². The summed E-state index contributed by atoms with van der Waals surface area (Å²) in [5.74, 6) is 1.16. The van der Waals surface area contributed by atoms with Crippen molar-refractivity contribution >= 4 is 11.7 Å². The molecule has 4 heteroatoms. The molecule has 0 aliphatic carbocycles. The highest BCUT2D eigenvalue weighted by Crippen LogP contribution is 2.57. The lowest BCUT2D eigenvalue weighted by Gasteiger charge is -2.38. The van der Waals surface area contributed by atoms with E-state index in [1.165, 1.54) is 0 Å². The standard InChI is InChI=1S/C24H21NO3/c1-14-11-15(2)22-21(12-14)27-20-13-16(25(3)4)9-10-19(20)24(22)18-8-6-5-7-17(18)23(26)28-24/h5-13H,1-4H3. The van der Waals surface area contributed by atoms with Gasteiger partial charge in [0.05, 0.1) is 11.1 Å². The topological polar surface area (TPSA) is 38.8 Å². The quantitative estimate of drug-likeness (QED) is 0.568. The second-order valence-corrected chi connectivity index (χ2v) is 7.75. The number of hydrogen-bond donors (Lipinski definition) is 0. The highest BCUT2D eigenvalue weighted by molar-refractivity contribution is 5.97. The van der Waals surface area contributed by atoms with Crippen LogP contribution in [-0.4, -0.2) is 20.1 Å². The zero-order valence-electron chi connectivity index (χ0n) is 16.4. The van der Waals surface area contributed by atoms with Crippen LogP contribution in [0.15, 0.2) is 54.6 Å². The van der Waals surface area contributed by atoms with Crippen LogP contribution in [0.4, 0.5) is 5.69 Å². The third-order valence-corrected chi connectivity index (χ3v) is 5.65. The number of benzene rings is 3. The monoisotopic (exact) mass is 371 g/mol. The molecule has 3 aromatic rings. The van der Waals surface area contributed by atoms with Crippen molar-refractivity contribution < 1.29 is 14.3 Å². The van der Waals surface area contributed by atoms with Gasteiger partial charge in [0.25, 0.3) is 0 Å². The Morgan fingerprint density at radius 2 is 1.68 bits per heavy atom. The van der Waals surface area contributed by atoms with Crippen molar-refractivity contribution in [2.75, 3.05) is 19.0 Å². The van der Waals surface area contributed by atoms with Crippen molar-refractivity contribution in [3.05, 3.63) is 88.0 Å². The molecule has 0 amide bonds. The Hall–Kier alpha value is -3.27. The lowest BCUT2D eigenvalue weighted by Crippen LogP contribution is -2.34. The summed E-state index contributed by atoms with van der Waals surface area (Å²) in [6.07, 6.45) is 0. The molecule has 0 radical (unpaired) electrons. The summed E-state index contributed by atoms with van der Waals surface area (Å²) in [5, 5.41) is 0. The van der Waals surface area contributed by atoms with Gasteiger partial charge in [-0.15, -0.1) is 0 Å². The molecule has 0 aromatic heterocycles. The van der Waals surface area contributed by atoms with Gasteiger partial charge in [0.1, 0.15) is 11.5 Å². The molecule has 2 aliphatic heterocycles.